The monoisotopic (exact) mass is 360 g/mol. The average molecular weight is 360 g/mol. The third-order valence-corrected chi connectivity index (χ3v) is 4.83. The molecule has 0 aliphatic carbocycles. The van der Waals surface area contributed by atoms with E-state index in [4.69, 9.17) is 15.2 Å². The van der Waals surface area contributed by atoms with Crippen molar-refractivity contribution in [1.82, 2.24) is 0 Å². The highest BCUT2D eigenvalue weighted by atomic mass is 32.1. The summed E-state index contributed by atoms with van der Waals surface area (Å²) in [6.07, 6.45) is 3.03. The maximum atomic E-state index is 12.2. The highest BCUT2D eigenvalue weighted by Gasteiger charge is 2.18. The van der Waals surface area contributed by atoms with Crippen molar-refractivity contribution in [2.45, 2.75) is 13.8 Å². The fourth-order valence-electron chi connectivity index (χ4n) is 2.29. The van der Waals surface area contributed by atoms with E-state index in [1.54, 1.807) is 45.4 Å². The molecule has 2 rings (SSSR count). The molecule has 1 aromatic heterocycles. The van der Waals surface area contributed by atoms with Gasteiger partial charge in [-0.15, -0.1) is 11.3 Å². The Labute approximate surface area is 150 Å². The van der Waals surface area contributed by atoms with Gasteiger partial charge in [0.2, 0.25) is 5.91 Å². The summed E-state index contributed by atoms with van der Waals surface area (Å²) >= 11 is 1.33. The molecule has 0 radical (unpaired) electrons. The number of carbonyl (C=O) groups is 2. The minimum atomic E-state index is -0.555. The zero-order valence-corrected chi connectivity index (χ0v) is 15.3. The van der Waals surface area contributed by atoms with Gasteiger partial charge in [0.15, 0.2) is 11.5 Å². The van der Waals surface area contributed by atoms with Crippen LogP contribution < -0.4 is 20.5 Å². The molecule has 7 heteroatoms. The van der Waals surface area contributed by atoms with E-state index in [9.17, 15) is 9.59 Å². The predicted molar refractivity (Wildman–Crippen MR) is 99.5 cm³/mol. The van der Waals surface area contributed by atoms with Crippen LogP contribution in [0.15, 0.2) is 24.3 Å². The third-order valence-electron chi connectivity index (χ3n) is 3.70. The van der Waals surface area contributed by atoms with Gasteiger partial charge in [-0.05, 0) is 43.2 Å². The predicted octanol–water partition coefficient (Wildman–Crippen LogP) is 3.13. The van der Waals surface area contributed by atoms with Crippen LogP contribution >= 0.6 is 11.3 Å². The van der Waals surface area contributed by atoms with Crippen LogP contribution in [0.5, 0.6) is 11.5 Å². The van der Waals surface area contributed by atoms with Gasteiger partial charge in [-0.1, -0.05) is 6.07 Å². The quantitative estimate of drug-likeness (QED) is 0.774. The normalized spacial score (nSPS) is 10.7. The first-order valence-corrected chi connectivity index (χ1v) is 8.30. The van der Waals surface area contributed by atoms with Crippen LogP contribution in [0.1, 0.15) is 26.4 Å². The Morgan fingerprint density at radius 3 is 2.44 bits per heavy atom. The maximum Gasteiger partial charge on any atom is 0.251 e. The summed E-state index contributed by atoms with van der Waals surface area (Å²) in [6.45, 7) is 3.68. The molecular weight excluding hydrogens is 340 g/mol. The van der Waals surface area contributed by atoms with E-state index in [0.29, 0.717) is 22.1 Å². The van der Waals surface area contributed by atoms with Gasteiger partial charge >= 0.3 is 0 Å². The van der Waals surface area contributed by atoms with Crippen LogP contribution in [0.4, 0.5) is 5.00 Å². The summed E-state index contributed by atoms with van der Waals surface area (Å²) in [7, 11) is 3.10. The number of rotatable bonds is 6. The lowest BCUT2D eigenvalue weighted by atomic mass is 10.1. The van der Waals surface area contributed by atoms with Gasteiger partial charge in [-0.3, -0.25) is 9.59 Å². The van der Waals surface area contributed by atoms with E-state index < -0.39 is 5.91 Å². The van der Waals surface area contributed by atoms with Crippen LogP contribution in [-0.2, 0) is 4.79 Å². The van der Waals surface area contributed by atoms with E-state index in [1.165, 1.54) is 17.4 Å². The molecule has 1 aromatic carbocycles. The Kier molecular flexibility index (Phi) is 5.82. The molecule has 6 nitrogen and oxygen atoms in total. The molecule has 0 saturated heterocycles. The molecule has 0 spiro atoms. The highest BCUT2D eigenvalue weighted by Crippen LogP contribution is 2.32. The Morgan fingerprint density at radius 2 is 1.84 bits per heavy atom. The molecule has 0 aliphatic rings. The number of ether oxygens (including phenoxy) is 2. The van der Waals surface area contributed by atoms with Gasteiger partial charge < -0.3 is 20.5 Å². The SMILES string of the molecule is COc1ccc(C=CC(=O)Nc2sc(C)c(C)c2C(N)=O)cc1OC. The van der Waals surface area contributed by atoms with Crippen molar-refractivity contribution in [1.29, 1.82) is 0 Å². The number of hydrogen-bond acceptors (Lipinski definition) is 5. The second-order valence-electron chi connectivity index (χ2n) is 5.29. The number of primary amides is 1. The summed E-state index contributed by atoms with van der Waals surface area (Å²) in [6, 6.07) is 5.32. The number of benzene rings is 1. The first-order valence-electron chi connectivity index (χ1n) is 7.48. The van der Waals surface area contributed by atoms with Crippen molar-refractivity contribution in [3.05, 3.63) is 45.8 Å². The van der Waals surface area contributed by atoms with Crippen molar-refractivity contribution in [2.24, 2.45) is 5.73 Å². The topological polar surface area (TPSA) is 90.6 Å². The minimum Gasteiger partial charge on any atom is -0.493 e. The number of carbonyl (C=O) groups excluding carboxylic acids is 2. The largest absolute Gasteiger partial charge is 0.493 e. The Morgan fingerprint density at radius 1 is 1.16 bits per heavy atom. The third kappa shape index (κ3) is 4.19. The number of aryl methyl sites for hydroxylation is 1. The number of nitrogens with two attached hydrogens (primary N) is 1. The van der Waals surface area contributed by atoms with E-state index in [0.717, 1.165) is 16.0 Å². The summed E-state index contributed by atoms with van der Waals surface area (Å²) in [5, 5.41) is 3.17. The molecule has 1 heterocycles. The number of amides is 2. The maximum absolute atomic E-state index is 12.2. The van der Waals surface area contributed by atoms with Gasteiger partial charge in [0.1, 0.15) is 5.00 Å². The van der Waals surface area contributed by atoms with Crippen LogP contribution in [0.2, 0.25) is 0 Å². The van der Waals surface area contributed by atoms with Crippen molar-refractivity contribution in [2.75, 3.05) is 19.5 Å². The van der Waals surface area contributed by atoms with E-state index in [2.05, 4.69) is 5.32 Å². The summed E-state index contributed by atoms with van der Waals surface area (Å²) in [5.74, 6) is 0.282. The molecule has 3 N–H and O–H groups in total. The highest BCUT2D eigenvalue weighted by molar-refractivity contribution is 7.16. The van der Waals surface area contributed by atoms with Crippen molar-refractivity contribution >= 4 is 34.2 Å². The molecule has 2 amide bonds. The fraction of sp³-hybridized carbons (Fsp3) is 0.222. The Balaban J connectivity index is 2.17. The zero-order valence-electron chi connectivity index (χ0n) is 14.5. The molecule has 0 atom stereocenters. The molecule has 0 bridgehead atoms. The zero-order chi connectivity index (χ0) is 18.6. The van der Waals surface area contributed by atoms with E-state index in [1.807, 2.05) is 6.92 Å². The average Bonchev–Trinajstić information content (AvgIpc) is 2.86. The number of anilines is 1. The lowest BCUT2D eigenvalue weighted by Gasteiger charge is -2.07. The molecule has 0 unspecified atom stereocenters. The van der Waals surface area contributed by atoms with E-state index in [-0.39, 0.29) is 5.91 Å². The number of nitrogens with one attached hydrogen (secondary N) is 1. The van der Waals surface area contributed by atoms with Crippen molar-refractivity contribution in [3.63, 3.8) is 0 Å². The van der Waals surface area contributed by atoms with Crippen LogP contribution in [0.3, 0.4) is 0 Å². The smallest absolute Gasteiger partial charge is 0.251 e. The second-order valence-corrected chi connectivity index (χ2v) is 6.51. The lowest BCUT2D eigenvalue weighted by Crippen LogP contribution is -2.16. The molecule has 2 aromatic rings. The summed E-state index contributed by atoms with van der Waals surface area (Å²) in [4.78, 5) is 24.7. The van der Waals surface area contributed by atoms with Crippen LogP contribution in [0, 0.1) is 13.8 Å². The molecular formula is C18H20N2O4S. The molecule has 0 aliphatic heterocycles. The van der Waals surface area contributed by atoms with Crippen LogP contribution in [-0.4, -0.2) is 26.0 Å². The number of thiophene rings is 1. The summed E-state index contributed by atoms with van der Waals surface area (Å²) in [5.41, 5.74) is 7.33. The van der Waals surface area contributed by atoms with E-state index >= 15 is 0 Å². The van der Waals surface area contributed by atoms with Gasteiger partial charge in [0.05, 0.1) is 19.8 Å². The van der Waals surface area contributed by atoms with Gasteiger partial charge in [-0.2, -0.15) is 0 Å². The standard InChI is InChI=1S/C18H20N2O4S/c1-10-11(2)25-18(16(10)17(19)22)20-15(21)8-6-12-5-7-13(23-3)14(9-12)24-4/h5-9H,1-4H3,(H2,19,22)(H,20,21). The Hall–Kier alpha value is -2.80. The van der Waals surface area contributed by atoms with Crippen LogP contribution in [0.25, 0.3) is 6.08 Å². The fourth-order valence-corrected chi connectivity index (χ4v) is 3.36. The van der Waals surface area contributed by atoms with Gasteiger partial charge in [-0.25, -0.2) is 0 Å². The minimum absolute atomic E-state index is 0.349. The summed E-state index contributed by atoms with van der Waals surface area (Å²) < 4.78 is 10.4. The van der Waals surface area contributed by atoms with Crippen molar-refractivity contribution in [3.8, 4) is 11.5 Å². The second kappa shape index (κ2) is 7.85. The lowest BCUT2D eigenvalue weighted by molar-refractivity contribution is -0.111. The number of methoxy groups -OCH3 is 2. The Bertz CT molecular complexity index is 840. The molecule has 0 fully saturated rings. The van der Waals surface area contributed by atoms with Gasteiger partial charge in [0, 0.05) is 11.0 Å². The number of hydrogen-bond donors (Lipinski definition) is 2. The first kappa shape index (κ1) is 18.5. The molecule has 25 heavy (non-hydrogen) atoms. The van der Waals surface area contributed by atoms with Gasteiger partial charge in [0.25, 0.3) is 5.91 Å². The molecule has 132 valence electrons. The molecule has 0 saturated carbocycles. The van der Waals surface area contributed by atoms with Crippen molar-refractivity contribution < 1.29 is 19.1 Å². The first-order chi connectivity index (χ1) is 11.9.